The number of aryl methyl sites for hydroxylation is 1. The molecule has 0 heterocycles. The minimum atomic E-state index is -1.00. The van der Waals surface area contributed by atoms with Crippen molar-refractivity contribution in [2.45, 2.75) is 31.2 Å². The van der Waals surface area contributed by atoms with Crippen molar-refractivity contribution in [3.8, 4) is 0 Å². The van der Waals surface area contributed by atoms with E-state index in [1.165, 1.54) is 0 Å². The molecule has 0 saturated heterocycles. The highest BCUT2D eigenvalue weighted by molar-refractivity contribution is 7.85. The van der Waals surface area contributed by atoms with Crippen LogP contribution in [0.3, 0.4) is 0 Å². The molecule has 0 aromatic heterocycles. The van der Waals surface area contributed by atoms with Gasteiger partial charge in [-0.2, -0.15) is 0 Å². The second-order valence-corrected chi connectivity index (χ2v) is 5.59. The smallest absolute Gasteiger partial charge is 0.0545 e. The Morgan fingerprint density at radius 1 is 1.47 bits per heavy atom. The second kappa shape index (κ2) is 7.58. The first kappa shape index (κ1) is 14.4. The van der Waals surface area contributed by atoms with E-state index in [4.69, 9.17) is 5.11 Å². The molecule has 3 nitrogen and oxygen atoms in total. The fourth-order valence-electron chi connectivity index (χ4n) is 1.72. The van der Waals surface area contributed by atoms with Crippen molar-refractivity contribution in [1.82, 2.24) is 5.32 Å². The maximum atomic E-state index is 12.1. The number of rotatable bonds is 7. The average molecular weight is 255 g/mol. The molecule has 0 aliphatic rings. The van der Waals surface area contributed by atoms with E-state index >= 15 is 0 Å². The molecular formula is C13H21NO2S. The predicted octanol–water partition coefficient (Wildman–Crippen LogP) is 1.46. The number of nitrogens with one attached hydrogen (secondary N) is 1. The highest BCUT2D eigenvalue weighted by atomic mass is 32.2. The lowest BCUT2D eigenvalue weighted by atomic mass is 10.2. The zero-order chi connectivity index (χ0) is 12.7. The first-order valence-corrected chi connectivity index (χ1v) is 7.28. The SMILES string of the molecule is CCNC(CCO)CS(=O)c1cccc(C)c1. The monoisotopic (exact) mass is 255 g/mol. The standard InChI is InChI=1S/C13H21NO2S/c1-3-14-12(7-8-15)10-17(16)13-6-4-5-11(2)9-13/h4-6,9,12,14-15H,3,7-8,10H2,1-2H3. The summed E-state index contributed by atoms with van der Waals surface area (Å²) in [6.07, 6.45) is 0.644. The van der Waals surface area contributed by atoms with Gasteiger partial charge in [0, 0.05) is 23.3 Å². The van der Waals surface area contributed by atoms with Crippen LogP contribution in [0, 0.1) is 6.92 Å². The maximum absolute atomic E-state index is 12.1. The molecule has 0 bridgehead atoms. The summed E-state index contributed by atoms with van der Waals surface area (Å²) in [6.45, 7) is 4.97. The fraction of sp³-hybridized carbons (Fsp3) is 0.538. The number of hydrogen-bond donors (Lipinski definition) is 2. The van der Waals surface area contributed by atoms with Gasteiger partial charge in [0.2, 0.25) is 0 Å². The van der Waals surface area contributed by atoms with Crippen LogP contribution >= 0.6 is 0 Å². The quantitative estimate of drug-likeness (QED) is 0.775. The lowest BCUT2D eigenvalue weighted by molar-refractivity contribution is 0.270. The first-order valence-electron chi connectivity index (χ1n) is 5.96. The molecule has 17 heavy (non-hydrogen) atoms. The van der Waals surface area contributed by atoms with Crippen LogP contribution in [0.5, 0.6) is 0 Å². The fourth-order valence-corrected chi connectivity index (χ4v) is 3.11. The summed E-state index contributed by atoms with van der Waals surface area (Å²) in [5, 5.41) is 12.2. The molecule has 96 valence electrons. The maximum Gasteiger partial charge on any atom is 0.0545 e. The Labute approximate surface area is 106 Å². The Morgan fingerprint density at radius 3 is 2.82 bits per heavy atom. The molecule has 0 radical (unpaired) electrons. The summed E-state index contributed by atoms with van der Waals surface area (Å²) < 4.78 is 12.1. The zero-order valence-corrected chi connectivity index (χ0v) is 11.3. The average Bonchev–Trinajstić information content (AvgIpc) is 2.29. The molecule has 1 rings (SSSR count). The van der Waals surface area contributed by atoms with Gasteiger partial charge >= 0.3 is 0 Å². The Balaban J connectivity index is 2.63. The predicted molar refractivity (Wildman–Crippen MR) is 71.6 cm³/mol. The molecule has 0 spiro atoms. The molecule has 4 heteroatoms. The van der Waals surface area contributed by atoms with Gasteiger partial charge < -0.3 is 10.4 Å². The van der Waals surface area contributed by atoms with Crippen LogP contribution in [0.2, 0.25) is 0 Å². The van der Waals surface area contributed by atoms with E-state index in [2.05, 4.69) is 5.32 Å². The van der Waals surface area contributed by atoms with E-state index in [-0.39, 0.29) is 12.6 Å². The lowest BCUT2D eigenvalue weighted by Gasteiger charge is -2.16. The van der Waals surface area contributed by atoms with Gasteiger partial charge in [-0.15, -0.1) is 0 Å². The van der Waals surface area contributed by atoms with Gasteiger partial charge in [0.25, 0.3) is 0 Å². The number of aliphatic hydroxyl groups is 1. The third kappa shape index (κ3) is 4.98. The van der Waals surface area contributed by atoms with Crippen molar-refractivity contribution < 1.29 is 9.32 Å². The van der Waals surface area contributed by atoms with E-state index in [1.807, 2.05) is 38.1 Å². The molecule has 2 N–H and O–H groups in total. The highest BCUT2D eigenvalue weighted by Gasteiger charge is 2.12. The summed E-state index contributed by atoms with van der Waals surface area (Å²) in [5.74, 6) is 0.553. The largest absolute Gasteiger partial charge is 0.396 e. The van der Waals surface area contributed by atoms with Gasteiger partial charge in [-0.1, -0.05) is 19.1 Å². The zero-order valence-electron chi connectivity index (χ0n) is 10.5. The highest BCUT2D eigenvalue weighted by Crippen LogP contribution is 2.10. The van der Waals surface area contributed by atoms with Crippen molar-refractivity contribution in [1.29, 1.82) is 0 Å². The van der Waals surface area contributed by atoms with E-state index in [0.717, 1.165) is 17.0 Å². The van der Waals surface area contributed by atoms with Crippen LogP contribution in [0.25, 0.3) is 0 Å². The Morgan fingerprint density at radius 2 is 2.24 bits per heavy atom. The van der Waals surface area contributed by atoms with Crippen molar-refractivity contribution >= 4 is 10.8 Å². The normalized spacial score (nSPS) is 14.5. The van der Waals surface area contributed by atoms with Crippen LogP contribution in [-0.4, -0.2) is 34.3 Å². The molecule has 0 saturated carbocycles. The minimum Gasteiger partial charge on any atom is -0.396 e. The third-order valence-corrected chi connectivity index (χ3v) is 4.06. The topological polar surface area (TPSA) is 49.3 Å². The van der Waals surface area contributed by atoms with Gasteiger partial charge in [-0.3, -0.25) is 4.21 Å². The van der Waals surface area contributed by atoms with Gasteiger partial charge in [0.15, 0.2) is 0 Å². The van der Waals surface area contributed by atoms with Crippen LogP contribution < -0.4 is 5.32 Å². The van der Waals surface area contributed by atoms with Gasteiger partial charge in [-0.25, -0.2) is 0 Å². The Kier molecular flexibility index (Phi) is 6.40. The second-order valence-electron chi connectivity index (χ2n) is 4.10. The Bertz CT molecular complexity index is 362. The molecular weight excluding hydrogens is 234 g/mol. The lowest BCUT2D eigenvalue weighted by Crippen LogP contribution is -2.34. The van der Waals surface area contributed by atoms with Gasteiger partial charge in [0.05, 0.1) is 10.8 Å². The van der Waals surface area contributed by atoms with Crippen LogP contribution in [0.1, 0.15) is 18.9 Å². The summed E-state index contributed by atoms with van der Waals surface area (Å²) in [4.78, 5) is 0.867. The van der Waals surface area contributed by atoms with E-state index in [1.54, 1.807) is 0 Å². The van der Waals surface area contributed by atoms with E-state index in [9.17, 15) is 4.21 Å². The van der Waals surface area contributed by atoms with Crippen molar-refractivity contribution in [3.63, 3.8) is 0 Å². The minimum absolute atomic E-state index is 0.117. The molecule has 2 atom stereocenters. The molecule has 1 aromatic carbocycles. The molecule has 2 unspecified atom stereocenters. The van der Waals surface area contributed by atoms with Crippen LogP contribution in [0.4, 0.5) is 0 Å². The summed E-state index contributed by atoms with van der Waals surface area (Å²) in [6, 6.07) is 7.89. The van der Waals surface area contributed by atoms with Crippen molar-refractivity contribution in [2.24, 2.45) is 0 Å². The molecule has 0 aliphatic carbocycles. The van der Waals surface area contributed by atoms with Gasteiger partial charge in [-0.05, 0) is 37.6 Å². The number of aliphatic hydroxyl groups excluding tert-OH is 1. The van der Waals surface area contributed by atoms with E-state index in [0.29, 0.717) is 12.2 Å². The summed E-state index contributed by atoms with van der Waals surface area (Å²) >= 11 is 0. The van der Waals surface area contributed by atoms with Crippen LogP contribution in [0.15, 0.2) is 29.2 Å². The number of benzene rings is 1. The third-order valence-electron chi connectivity index (χ3n) is 2.58. The molecule has 1 aromatic rings. The first-order chi connectivity index (χ1) is 8.17. The summed E-state index contributed by atoms with van der Waals surface area (Å²) in [7, 11) is -1.00. The molecule has 0 amide bonds. The number of hydrogen-bond acceptors (Lipinski definition) is 3. The van der Waals surface area contributed by atoms with Crippen molar-refractivity contribution in [2.75, 3.05) is 18.9 Å². The Hall–Kier alpha value is -0.710. The van der Waals surface area contributed by atoms with Gasteiger partial charge in [0.1, 0.15) is 0 Å². The van der Waals surface area contributed by atoms with E-state index < -0.39 is 10.8 Å². The van der Waals surface area contributed by atoms with Crippen LogP contribution in [-0.2, 0) is 10.8 Å². The molecule has 0 aliphatic heterocycles. The van der Waals surface area contributed by atoms with Crippen molar-refractivity contribution in [3.05, 3.63) is 29.8 Å². The summed E-state index contributed by atoms with van der Waals surface area (Å²) in [5.41, 5.74) is 1.12. The molecule has 0 fully saturated rings.